The molecule has 0 aromatic carbocycles. The van der Waals surface area contributed by atoms with Gasteiger partial charge in [-0.05, 0) is 72.6 Å². The normalized spacial score (nSPS) is 26.0. The predicted octanol–water partition coefficient (Wildman–Crippen LogP) is 1.93. The van der Waals surface area contributed by atoms with Crippen molar-refractivity contribution < 1.29 is 0 Å². The number of nitrogens with one attached hydrogen (secondary N) is 1. The summed E-state index contributed by atoms with van der Waals surface area (Å²) in [6.07, 6.45) is 5.45. The van der Waals surface area contributed by atoms with Crippen molar-refractivity contribution in [3.05, 3.63) is 0 Å². The molecule has 18 heavy (non-hydrogen) atoms. The number of hydrogen-bond acceptors (Lipinski definition) is 3. The van der Waals surface area contributed by atoms with E-state index in [-0.39, 0.29) is 0 Å². The molecule has 2 saturated heterocycles. The van der Waals surface area contributed by atoms with E-state index in [0.717, 1.165) is 6.04 Å². The zero-order chi connectivity index (χ0) is 13.0. The molecule has 3 heteroatoms. The van der Waals surface area contributed by atoms with E-state index in [9.17, 15) is 0 Å². The lowest BCUT2D eigenvalue weighted by Gasteiger charge is -2.36. The molecule has 1 N–H and O–H groups in total. The maximum Gasteiger partial charge on any atom is 0.0169 e. The Morgan fingerprint density at radius 2 is 1.61 bits per heavy atom. The van der Waals surface area contributed by atoms with E-state index in [1.165, 1.54) is 58.4 Å². The van der Waals surface area contributed by atoms with Gasteiger partial charge in [0.15, 0.2) is 0 Å². The number of piperidine rings is 1. The smallest absolute Gasteiger partial charge is 0.0169 e. The fourth-order valence-corrected chi connectivity index (χ4v) is 3.39. The fourth-order valence-electron chi connectivity index (χ4n) is 3.39. The Kier molecular flexibility index (Phi) is 5.46. The third kappa shape index (κ3) is 4.22. The van der Waals surface area contributed by atoms with Gasteiger partial charge in [0.25, 0.3) is 0 Å². The van der Waals surface area contributed by atoms with Crippen molar-refractivity contribution in [3.8, 4) is 0 Å². The average Bonchev–Trinajstić information content (AvgIpc) is 2.82. The third-order valence-electron chi connectivity index (χ3n) is 4.51. The van der Waals surface area contributed by atoms with Crippen LogP contribution < -0.4 is 5.32 Å². The Hall–Kier alpha value is -0.120. The molecule has 2 heterocycles. The summed E-state index contributed by atoms with van der Waals surface area (Å²) in [7, 11) is 0. The monoisotopic (exact) mass is 253 g/mol. The first-order valence-corrected chi connectivity index (χ1v) is 7.87. The molecule has 106 valence electrons. The van der Waals surface area contributed by atoms with Gasteiger partial charge in [0, 0.05) is 24.7 Å². The first-order valence-electron chi connectivity index (χ1n) is 7.87. The van der Waals surface area contributed by atoms with Gasteiger partial charge in [0.2, 0.25) is 0 Å². The molecule has 0 radical (unpaired) electrons. The molecule has 0 bridgehead atoms. The molecule has 2 fully saturated rings. The Labute approximate surface area is 113 Å². The van der Waals surface area contributed by atoms with Crippen LogP contribution in [0.1, 0.15) is 46.5 Å². The van der Waals surface area contributed by atoms with Crippen molar-refractivity contribution in [1.82, 2.24) is 15.1 Å². The van der Waals surface area contributed by atoms with Gasteiger partial charge in [-0.3, -0.25) is 0 Å². The molecule has 2 rings (SSSR count). The van der Waals surface area contributed by atoms with Gasteiger partial charge in [-0.1, -0.05) is 0 Å². The van der Waals surface area contributed by atoms with E-state index >= 15 is 0 Å². The number of rotatable bonds is 5. The van der Waals surface area contributed by atoms with Crippen LogP contribution in [0.25, 0.3) is 0 Å². The molecular weight excluding hydrogens is 222 g/mol. The van der Waals surface area contributed by atoms with Crippen molar-refractivity contribution in [2.45, 2.75) is 64.6 Å². The number of likely N-dealkylation sites (tertiary alicyclic amines) is 2. The van der Waals surface area contributed by atoms with Crippen LogP contribution in [0.3, 0.4) is 0 Å². The minimum atomic E-state index is 0.652. The van der Waals surface area contributed by atoms with Gasteiger partial charge < -0.3 is 15.1 Å². The third-order valence-corrected chi connectivity index (χ3v) is 4.51. The molecule has 0 aliphatic carbocycles. The maximum atomic E-state index is 3.84. The lowest BCUT2D eigenvalue weighted by atomic mass is 10.0. The van der Waals surface area contributed by atoms with Gasteiger partial charge >= 0.3 is 0 Å². The van der Waals surface area contributed by atoms with Gasteiger partial charge in [-0.2, -0.15) is 0 Å². The molecule has 1 unspecified atom stereocenters. The summed E-state index contributed by atoms with van der Waals surface area (Å²) < 4.78 is 0. The minimum Gasteiger partial charge on any atom is -0.310 e. The summed E-state index contributed by atoms with van der Waals surface area (Å²) >= 11 is 0. The standard InChI is InChI=1S/C15H31N3/c1-13(2)18-10-6-15(7-11-18)16-14(3)12-17-8-4-5-9-17/h13-16H,4-12H2,1-3H3. The second kappa shape index (κ2) is 6.88. The highest BCUT2D eigenvalue weighted by Gasteiger charge is 2.22. The minimum absolute atomic E-state index is 0.652. The van der Waals surface area contributed by atoms with Gasteiger partial charge in [0.1, 0.15) is 0 Å². The van der Waals surface area contributed by atoms with E-state index in [4.69, 9.17) is 0 Å². The Morgan fingerprint density at radius 3 is 2.17 bits per heavy atom. The van der Waals surface area contributed by atoms with Crippen molar-refractivity contribution in [2.75, 3.05) is 32.7 Å². The van der Waals surface area contributed by atoms with E-state index < -0.39 is 0 Å². The molecule has 2 aliphatic rings. The molecule has 1 atom stereocenters. The van der Waals surface area contributed by atoms with Crippen LogP contribution in [-0.2, 0) is 0 Å². The summed E-state index contributed by atoms with van der Waals surface area (Å²) in [5, 5.41) is 3.84. The van der Waals surface area contributed by atoms with Crippen molar-refractivity contribution >= 4 is 0 Å². The molecule has 0 spiro atoms. The maximum absolute atomic E-state index is 3.84. The lowest BCUT2D eigenvalue weighted by molar-refractivity contribution is 0.153. The van der Waals surface area contributed by atoms with Gasteiger partial charge in [-0.25, -0.2) is 0 Å². The van der Waals surface area contributed by atoms with E-state index in [1.54, 1.807) is 0 Å². The van der Waals surface area contributed by atoms with Crippen LogP contribution in [0.5, 0.6) is 0 Å². The van der Waals surface area contributed by atoms with Crippen molar-refractivity contribution in [1.29, 1.82) is 0 Å². The van der Waals surface area contributed by atoms with Gasteiger partial charge in [0.05, 0.1) is 0 Å². The largest absolute Gasteiger partial charge is 0.310 e. The average molecular weight is 253 g/mol. The summed E-state index contributed by atoms with van der Waals surface area (Å²) in [5.41, 5.74) is 0. The van der Waals surface area contributed by atoms with Crippen LogP contribution >= 0.6 is 0 Å². The topological polar surface area (TPSA) is 18.5 Å². The van der Waals surface area contributed by atoms with E-state index in [0.29, 0.717) is 12.1 Å². The highest BCUT2D eigenvalue weighted by molar-refractivity contribution is 4.82. The predicted molar refractivity (Wildman–Crippen MR) is 78.0 cm³/mol. The van der Waals surface area contributed by atoms with E-state index in [2.05, 4.69) is 35.9 Å². The second-order valence-corrected chi connectivity index (χ2v) is 6.48. The van der Waals surface area contributed by atoms with Gasteiger partial charge in [-0.15, -0.1) is 0 Å². The Morgan fingerprint density at radius 1 is 1.00 bits per heavy atom. The zero-order valence-electron chi connectivity index (χ0n) is 12.5. The molecule has 3 nitrogen and oxygen atoms in total. The molecule has 0 aromatic rings. The Balaban J connectivity index is 1.64. The van der Waals surface area contributed by atoms with Crippen LogP contribution in [0.2, 0.25) is 0 Å². The quantitative estimate of drug-likeness (QED) is 0.808. The summed E-state index contributed by atoms with van der Waals surface area (Å²) in [5.74, 6) is 0. The first-order chi connectivity index (χ1) is 8.65. The van der Waals surface area contributed by atoms with Crippen LogP contribution in [0.4, 0.5) is 0 Å². The molecular formula is C15H31N3. The fraction of sp³-hybridized carbons (Fsp3) is 1.00. The summed E-state index contributed by atoms with van der Waals surface area (Å²) in [6, 6.07) is 2.12. The van der Waals surface area contributed by atoms with Crippen molar-refractivity contribution in [2.24, 2.45) is 0 Å². The first kappa shape index (κ1) is 14.3. The van der Waals surface area contributed by atoms with Crippen LogP contribution in [0.15, 0.2) is 0 Å². The highest BCUT2D eigenvalue weighted by Crippen LogP contribution is 2.14. The van der Waals surface area contributed by atoms with Crippen LogP contribution in [0, 0.1) is 0 Å². The highest BCUT2D eigenvalue weighted by atomic mass is 15.2. The van der Waals surface area contributed by atoms with Crippen LogP contribution in [-0.4, -0.2) is 60.6 Å². The second-order valence-electron chi connectivity index (χ2n) is 6.48. The summed E-state index contributed by atoms with van der Waals surface area (Å²) in [6.45, 7) is 13.4. The van der Waals surface area contributed by atoms with E-state index in [1.807, 2.05) is 0 Å². The molecule has 0 amide bonds. The molecule has 2 aliphatic heterocycles. The number of nitrogens with zero attached hydrogens (tertiary/aromatic N) is 2. The SMILES string of the molecule is CC(CN1CCCC1)NC1CCN(C(C)C)CC1. The molecule has 0 aromatic heterocycles. The summed E-state index contributed by atoms with van der Waals surface area (Å²) in [4.78, 5) is 5.21. The Bertz CT molecular complexity index is 228. The zero-order valence-corrected chi connectivity index (χ0v) is 12.5. The van der Waals surface area contributed by atoms with Crippen molar-refractivity contribution in [3.63, 3.8) is 0 Å². The molecule has 0 saturated carbocycles. The lowest BCUT2D eigenvalue weighted by Crippen LogP contribution is -2.49. The number of hydrogen-bond donors (Lipinski definition) is 1.